The molecule has 3 rings (SSSR count). The molecule has 2 N–H and O–H groups in total. The predicted molar refractivity (Wildman–Crippen MR) is 119 cm³/mol. The Morgan fingerprint density at radius 1 is 1.13 bits per heavy atom. The summed E-state index contributed by atoms with van der Waals surface area (Å²) in [6.45, 7) is 9.04. The van der Waals surface area contributed by atoms with Gasteiger partial charge >= 0.3 is 0 Å². The number of hydrogen-bond donors (Lipinski definition) is 2. The van der Waals surface area contributed by atoms with Crippen LogP contribution in [0.5, 0.6) is 11.5 Å². The Balaban J connectivity index is 1.53. The Morgan fingerprint density at radius 3 is 2.48 bits per heavy atom. The molecule has 8 heteroatoms. The number of aliphatic hydroxyl groups excluding tert-OH is 1. The van der Waals surface area contributed by atoms with Crippen molar-refractivity contribution in [2.45, 2.75) is 45.3 Å². The van der Waals surface area contributed by atoms with Crippen molar-refractivity contribution < 1.29 is 14.6 Å². The minimum absolute atomic E-state index is 0.0729. The van der Waals surface area contributed by atoms with Crippen LogP contribution in [0.25, 0.3) is 5.69 Å². The van der Waals surface area contributed by atoms with Crippen LogP contribution in [0.3, 0.4) is 0 Å². The van der Waals surface area contributed by atoms with Gasteiger partial charge in [0.1, 0.15) is 30.5 Å². The van der Waals surface area contributed by atoms with E-state index < -0.39 is 6.10 Å². The molecule has 3 aromatic rings. The van der Waals surface area contributed by atoms with Gasteiger partial charge in [0.15, 0.2) is 0 Å². The van der Waals surface area contributed by atoms with Crippen LogP contribution < -0.4 is 14.8 Å². The lowest BCUT2D eigenvalue weighted by Gasteiger charge is -2.24. The molecular formula is C23H31N5O3. The first-order chi connectivity index (χ1) is 14.8. The zero-order chi connectivity index (χ0) is 22.4. The van der Waals surface area contributed by atoms with Crippen LogP contribution >= 0.6 is 0 Å². The van der Waals surface area contributed by atoms with Gasteiger partial charge in [0.2, 0.25) is 0 Å². The smallest absolute Gasteiger partial charge is 0.143 e. The van der Waals surface area contributed by atoms with E-state index in [1.54, 1.807) is 18.1 Å². The third-order valence-electron chi connectivity index (χ3n) is 5.09. The molecule has 1 aromatic heterocycles. The maximum atomic E-state index is 10.4. The van der Waals surface area contributed by atoms with E-state index in [0.717, 1.165) is 28.3 Å². The fourth-order valence-electron chi connectivity index (χ4n) is 3.22. The molecule has 1 heterocycles. The summed E-state index contributed by atoms with van der Waals surface area (Å²) >= 11 is 0. The first kappa shape index (κ1) is 22.7. The summed E-state index contributed by atoms with van der Waals surface area (Å²) in [5, 5.41) is 25.0. The molecule has 0 bridgehead atoms. The monoisotopic (exact) mass is 425 g/mol. The Hall–Kier alpha value is -2.97. The molecule has 0 aliphatic heterocycles. The Kier molecular flexibility index (Phi) is 7.25. The number of benzene rings is 2. The number of methoxy groups -OCH3 is 1. The lowest BCUT2D eigenvalue weighted by atomic mass is 9.86. The van der Waals surface area contributed by atoms with Gasteiger partial charge < -0.3 is 19.9 Å². The van der Waals surface area contributed by atoms with Crippen molar-refractivity contribution in [3.05, 3.63) is 59.9 Å². The van der Waals surface area contributed by atoms with E-state index in [1.807, 2.05) is 42.5 Å². The van der Waals surface area contributed by atoms with Crippen LogP contribution in [0.2, 0.25) is 0 Å². The topological polar surface area (TPSA) is 94.3 Å². The summed E-state index contributed by atoms with van der Waals surface area (Å²) < 4.78 is 12.9. The second-order valence-corrected chi connectivity index (χ2v) is 8.55. The maximum Gasteiger partial charge on any atom is 0.143 e. The first-order valence-electron chi connectivity index (χ1n) is 10.3. The van der Waals surface area contributed by atoms with Crippen molar-refractivity contribution in [1.29, 1.82) is 0 Å². The number of hydrogen-bond acceptors (Lipinski definition) is 7. The summed E-state index contributed by atoms with van der Waals surface area (Å²) in [5.41, 5.74) is 2.94. The van der Waals surface area contributed by atoms with Crippen LogP contribution in [0, 0.1) is 0 Å². The molecule has 2 atom stereocenters. The Labute approximate surface area is 183 Å². The number of aliphatic hydroxyl groups is 1. The summed E-state index contributed by atoms with van der Waals surface area (Å²) in [6, 6.07) is 13.8. The quantitative estimate of drug-likeness (QED) is 0.544. The highest BCUT2D eigenvalue weighted by atomic mass is 16.5. The highest BCUT2D eigenvalue weighted by molar-refractivity contribution is 5.44. The molecular weight excluding hydrogens is 394 g/mol. The number of nitrogens with one attached hydrogen (secondary N) is 1. The first-order valence-corrected chi connectivity index (χ1v) is 10.3. The van der Waals surface area contributed by atoms with Gasteiger partial charge in [0, 0.05) is 18.2 Å². The van der Waals surface area contributed by atoms with Gasteiger partial charge in [-0.1, -0.05) is 32.9 Å². The van der Waals surface area contributed by atoms with Gasteiger partial charge in [-0.2, -0.15) is 0 Å². The lowest BCUT2D eigenvalue weighted by molar-refractivity contribution is 0.103. The van der Waals surface area contributed by atoms with Gasteiger partial charge in [0.25, 0.3) is 0 Å². The van der Waals surface area contributed by atoms with Crippen molar-refractivity contribution in [3.63, 3.8) is 0 Å². The minimum Gasteiger partial charge on any atom is -0.497 e. The van der Waals surface area contributed by atoms with Gasteiger partial charge in [-0.05, 0) is 58.7 Å². The molecule has 0 saturated heterocycles. The van der Waals surface area contributed by atoms with Crippen LogP contribution in [-0.4, -0.2) is 51.7 Å². The van der Waals surface area contributed by atoms with Gasteiger partial charge in [0.05, 0.1) is 12.8 Å². The molecule has 0 fully saturated rings. The zero-order valence-corrected chi connectivity index (χ0v) is 18.7. The molecule has 2 aromatic carbocycles. The summed E-state index contributed by atoms with van der Waals surface area (Å²) in [7, 11) is 1.65. The van der Waals surface area contributed by atoms with Gasteiger partial charge in [-0.25, -0.2) is 4.68 Å². The molecule has 0 aliphatic rings. The van der Waals surface area contributed by atoms with Gasteiger partial charge in [-0.15, -0.1) is 5.10 Å². The Morgan fingerprint density at radius 2 is 1.87 bits per heavy atom. The fraction of sp³-hybridized carbons (Fsp3) is 0.435. The van der Waals surface area contributed by atoms with Crippen LogP contribution in [0.4, 0.5) is 0 Å². The number of rotatable bonds is 9. The highest BCUT2D eigenvalue weighted by Crippen LogP contribution is 2.34. The SMILES string of the molecule is COc1ccc(OCC(O)CNC(C)c2ccc(-n3cnnn3)cc2)c(C(C)(C)C)c1. The van der Waals surface area contributed by atoms with E-state index >= 15 is 0 Å². The zero-order valence-electron chi connectivity index (χ0n) is 18.7. The highest BCUT2D eigenvalue weighted by Gasteiger charge is 2.21. The van der Waals surface area contributed by atoms with Crippen LogP contribution in [0.15, 0.2) is 48.8 Å². The van der Waals surface area contributed by atoms with Crippen molar-refractivity contribution in [2.75, 3.05) is 20.3 Å². The molecule has 31 heavy (non-hydrogen) atoms. The molecule has 2 unspecified atom stereocenters. The molecule has 0 aliphatic carbocycles. The fourth-order valence-corrected chi connectivity index (χ4v) is 3.22. The minimum atomic E-state index is -0.641. The van der Waals surface area contributed by atoms with E-state index in [4.69, 9.17) is 9.47 Å². The second-order valence-electron chi connectivity index (χ2n) is 8.55. The van der Waals surface area contributed by atoms with E-state index in [0.29, 0.717) is 6.54 Å². The molecule has 0 saturated carbocycles. The standard InChI is InChI=1S/C23H31N5O3/c1-16(17-6-8-18(9-7-17)28-15-25-26-27-28)24-13-19(29)14-31-22-11-10-20(30-5)12-21(22)23(2,3)4/h6-12,15-16,19,24,29H,13-14H2,1-5H3. The van der Waals surface area contributed by atoms with Crippen LogP contribution in [0.1, 0.15) is 44.9 Å². The summed E-state index contributed by atoms with van der Waals surface area (Å²) in [5.74, 6) is 1.55. The predicted octanol–water partition coefficient (Wildman–Crippen LogP) is 3.06. The number of tetrazole rings is 1. The van der Waals surface area contributed by atoms with E-state index in [1.165, 1.54) is 0 Å². The summed E-state index contributed by atoms with van der Waals surface area (Å²) in [6.07, 6.45) is 0.916. The number of nitrogens with zero attached hydrogens (tertiary/aromatic N) is 4. The molecule has 0 spiro atoms. The average molecular weight is 426 g/mol. The molecule has 8 nitrogen and oxygen atoms in total. The number of ether oxygens (including phenoxy) is 2. The Bertz CT molecular complexity index is 952. The molecule has 0 radical (unpaired) electrons. The normalized spacial score (nSPS) is 13.6. The third kappa shape index (κ3) is 6.02. The van der Waals surface area contributed by atoms with E-state index in [9.17, 15) is 5.11 Å². The third-order valence-corrected chi connectivity index (χ3v) is 5.09. The van der Waals surface area contributed by atoms with Gasteiger partial charge in [-0.3, -0.25) is 0 Å². The second kappa shape index (κ2) is 9.89. The van der Waals surface area contributed by atoms with E-state index in [2.05, 4.69) is 48.5 Å². The van der Waals surface area contributed by atoms with Crippen molar-refractivity contribution in [3.8, 4) is 17.2 Å². The lowest BCUT2D eigenvalue weighted by Crippen LogP contribution is -2.33. The summed E-state index contributed by atoms with van der Waals surface area (Å²) in [4.78, 5) is 0. The van der Waals surface area contributed by atoms with E-state index in [-0.39, 0.29) is 18.1 Å². The van der Waals surface area contributed by atoms with Crippen molar-refractivity contribution >= 4 is 0 Å². The molecule has 166 valence electrons. The van der Waals surface area contributed by atoms with Crippen molar-refractivity contribution in [1.82, 2.24) is 25.5 Å². The number of aromatic nitrogens is 4. The molecule has 0 amide bonds. The van der Waals surface area contributed by atoms with Crippen molar-refractivity contribution in [2.24, 2.45) is 0 Å². The largest absolute Gasteiger partial charge is 0.497 e. The average Bonchev–Trinajstić information content (AvgIpc) is 3.30. The maximum absolute atomic E-state index is 10.4. The van der Waals surface area contributed by atoms with Crippen LogP contribution in [-0.2, 0) is 5.41 Å².